The van der Waals surface area contributed by atoms with Gasteiger partial charge in [-0.2, -0.15) is 0 Å². The number of rotatable bonds is 5. The van der Waals surface area contributed by atoms with Crippen molar-refractivity contribution >= 4 is 27.3 Å². The summed E-state index contributed by atoms with van der Waals surface area (Å²) < 4.78 is 6.74. The Hall–Kier alpha value is 0.1000. The number of hydrogen-bond donors (Lipinski definition) is 1. The molecule has 2 nitrogen and oxygen atoms in total. The van der Waals surface area contributed by atoms with Gasteiger partial charge in [0.25, 0.3) is 0 Å². The minimum atomic E-state index is 0.455. The lowest BCUT2D eigenvalue weighted by molar-refractivity contribution is 0.177. The van der Waals surface area contributed by atoms with Crippen molar-refractivity contribution in [3.8, 4) is 0 Å². The Morgan fingerprint density at radius 1 is 1.69 bits per heavy atom. The van der Waals surface area contributed by atoms with Crippen molar-refractivity contribution in [1.29, 1.82) is 0 Å². The summed E-state index contributed by atoms with van der Waals surface area (Å²) in [6.45, 7) is 5.09. The summed E-state index contributed by atoms with van der Waals surface area (Å²) in [6.07, 6.45) is 2.35. The molecule has 1 fully saturated rings. The first-order chi connectivity index (χ1) is 7.83. The molecule has 4 heteroatoms. The average molecular weight is 304 g/mol. The van der Waals surface area contributed by atoms with Crippen LogP contribution < -0.4 is 5.32 Å². The maximum Gasteiger partial charge on any atom is 0.0513 e. The summed E-state index contributed by atoms with van der Waals surface area (Å²) in [5.41, 5.74) is 0. The predicted octanol–water partition coefficient (Wildman–Crippen LogP) is 3.59. The first-order valence-corrected chi connectivity index (χ1v) is 7.54. The lowest BCUT2D eigenvalue weighted by Gasteiger charge is -2.23. The highest BCUT2D eigenvalue weighted by atomic mass is 79.9. The van der Waals surface area contributed by atoms with Crippen LogP contribution in [0.2, 0.25) is 0 Å². The SMILES string of the molecule is CCCNC(c1sccc1Br)C1CCOC1. The van der Waals surface area contributed by atoms with Crippen LogP contribution in [0.4, 0.5) is 0 Å². The zero-order valence-corrected chi connectivity index (χ0v) is 11.9. The molecule has 1 N–H and O–H groups in total. The van der Waals surface area contributed by atoms with Crippen LogP contribution >= 0.6 is 27.3 Å². The van der Waals surface area contributed by atoms with E-state index >= 15 is 0 Å². The molecule has 0 aromatic carbocycles. The molecule has 2 heterocycles. The molecule has 1 aromatic heterocycles. The molecule has 0 spiro atoms. The second-order valence-corrected chi connectivity index (χ2v) is 5.99. The minimum Gasteiger partial charge on any atom is -0.381 e. The topological polar surface area (TPSA) is 21.3 Å². The highest BCUT2D eigenvalue weighted by Gasteiger charge is 2.28. The number of ether oxygens (including phenoxy) is 1. The van der Waals surface area contributed by atoms with Gasteiger partial charge in [0.15, 0.2) is 0 Å². The van der Waals surface area contributed by atoms with E-state index in [9.17, 15) is 0 Å². The van der Waals surface area contributed by atoms with Crippen LogP contribution in [0.25, 0.3) is 0 Å². The fourth-order valence-corrected chi connectivity index (χ4v) is 3.90. The van der Waals surface area contributed by atoms with Crippen molar-refractivity contribution in [1.82, 2.24) is 5.32 Å². The summed E-state index contributed by atoms with van der Waals surface area (Å²) >= 11 is 5.47. The minimum absolute atomic E-state index is 0.455. The summed E-state index contributed by atoms with van der Waals surface area (Å²) in [4.78, 5) is 1.42. The van der Waals surface area contributed by atoms with Gasteiger partial charge >= 0.3 is 0 Å². The normalized spacial score (nSPS) is 22.5. The fourth-order valence-electron chi connectivity index (χ4n) is 2.12. The van der Waals surface area contributed by atoms with Crippen LogP contribution in [0, 0.1) is 5.92 Å². The quantitative estimate of drug-likeness (QED) is 0.897. The molecule has 0 bridgehead atoms. The molecule has 90 valence electrons. The fraction of sp³-hybridized carbons (Fsp3) is 0.667. The van der Waals surface area contributed by atoms with Gasteiger partial charge in [0, 0.05) is 27.9 Å². The van der Waals surface area contributed by atoms with Gasteiger partial charge < -0.3 is 10.1 Å². The highest BCUT2D eigenvalue weighted by Crippen LogP contribution is 2.36. The second-order valence-electron chi connectivity index (χ2n) is 4.19. The molecule has 1 saturated heterocycles. The third kappa shape index (κ3) is 2.86. The van der Waals surface area contributed by atoms with Crippen molar-refractivity contribution in [3.05, 3.63) is 20.8 Å². The van der Waals surface area contributed by atoms with Crippen LogP contribution in [0.1, 0.15) is 30.7 Å². The molecule has 1 aromatic rings. The molecule has 16 heavy (non-hydrogen) atoms. The molecule has 0 radical (unpaired) electrons. The molecule has 1 aliphatic heterocycles. The molecular weight excluding hydrogens is 286 g/mol. The van der Waals surface area contributed by atoms with Crippen LogP contribution in [-0.2, 0) is 4.74 Å². The van der Waals surface area contributed by atoms with Crippen molar-refractivity contribution in [2.45, 2.75) is 25.8 Å². The molecule has 0 aliphatic carbocycles. The van der Waals surface area contributed by atoms with E-state index in [4.69, 9.17) is 4.74 Å². The number of halogens is 1. The van der Waals surface area contributed by atoms with Gasteiger partial charge in [-0.1, -0.05) is 6.92 Å². The van der Waals surface area contributed by atoms with E-state index in [1.165, 1.54) is 22.2 Å². The van der Waals surface area contributed by atoms with Crippen molar-refractivity contribution in [3.63, 3.8) is 0 Å². The monoisotopic (exact) mass is 303 g/mol. The summed E-state index contributed by atoms with van der Waals surface area (Å²) in [7, 11) is 0. The van der Waals surface area contributed by atoms with Gasteiger partial charge in [-0.25, -0.2) is 0 Å². The summed E-state index contributed by atoms with van der Waals surface area (Å²) in [6, 6.07) is 2.59. The Bertz CT molecular complexity index is 323. The van der Waals surface area contributed by atoms with E-state index in [-0.39, 0.29) is 0 Å². The Balaban J connectivity index is 2.10. The lowest BCUT2D eigenvalue weighted by atomic mass is 9.97. The Morgan fingerprint density at radius 2 is 2.56 bits per heavy atom. The van der Waals surface area contributed by atoms with E-state index in [0.29, 0.717) is 12.0 Å². The highest BCUT2D eigenvalue weighted by molar-refractivity contribution is 9.10. The van der Waals surface area contributed by atoms with Gasteiger partial charge in [-0.05, 0) is 46.8 Å². The average Bonchev–Trinajstić information content (AvgIpc) is 2.91. The van der Waals surface area contributed by atoms with Crippen LogP contribution in [0.3, 0.4) is 0 Å². The lowest BCUT2D eigenvalue weighted by Crippen LogP contribution is -2.28. The van der Waals surface area contributed by atoms with Gasteiger partial charge in [0.05, 0.1) is 6.61 Å². The molecular formula is C12H18BrNOS. The first kappa shape index (κ1) is 12.6. The van der Waals surface area contributed by atoms with Crippen LogP contribution in [0.15, 0.2) is 15.9 Å². The van der Waals surface area contributed by atoms with E-state index < -0.39 is 0 Å². The van der Waals surface area contributed by atoms with E-state index in [1.54, 1.807) is 0 Å². The number of nitrogens with one attached hydrogen (secondary N) is 1. The van der Waals surface area contributed by atoms with Gasteiger partial charge in [0.2, 0.25) is 0 Å². The molecule has 1 aliphatic rings. The standard InChI is InChI=1S/C12H18BrNOS/c1-2-5-14-11(9-3-6-15-8-9)12-10(13)4-7-16-12/h4,7,9,11,14H,2-3,5-6,8H2,1H3. The summed E-state index contributed by atoms with van der Waals surface area (Å²) in [5, 5.41) is 5.80. The van der Waals surface area contributed by atoms with E-state index in [0.717, 1.165) is 19.8 Å². The van der Waals surface area contributed by atoms with E-state index in [1.807, 2.05) is 11.3 Å². The second kappa shape index (κ2) is 6.15. The van der Waals surface area contributed by atoms with Gasteiger partial charge in [-0.15, -0.1) is 11.3 Å². The van der Waals surface area contributed by atoms with Crippen molar-refractivity contribution in [2.75, 3.05) is 19.8 Å². The van der Waals surface area contributed by atoms with Gasteiger partial charge in [0.1, 0.15) is 0 Å². The molecule has 2 atom stereocenters. The van der Waals surface area contributed by atoms with Crippen LogP contribution in [0.5, 0.6) is 0 Å². The maximum atomic E-state index is 5.51. The van der Waals surface area contributed by atoms with Crippen LogP contribution in [-0.4, -0.2) is 19.8 Å². The molecule has 0 amide bonds. The Kier molecular flexibility index (Phi) is 4.82. The zero-order chi connectivity index (χ0) is 11.4. The summed E-state index contributed by atoms with van der Waals surface area (Å²) in [5.74, 6) is 0.626. The number of thiophene rings is 1. The largest absolute Gasteiger partial charge is 0.381 e. The Morgan fingerprint density at radius 3 is 3.12 bits per heavy atom. The predicted molar refractivity (Wildman–Crippen MR) is 72.0 cm³/mol. The third-order valence-corrected chi connectivity index (χ3v) is 4.93. The molecule has 2 rings (SSSR count). The zero-order valence-electron chi connectivity index (χ0n) is 9.54. The smallest absolute Gasteiger partial charge is 0.0513 e. The molecule has 2 unspecified atom stereocenters. The first-order valence-electron chi connectivity index (χ1n) is 5.87. The number of hydrogen-bond acceptors (Lipinski definition) is 3. The van der Waals surface area contributed by atoms with E-state index in [2.05, 4.69) is 39.6 Å². The van der Waals surface area contributed by atoms with Gasteiger partial charge in [-0.3, -0.25) is 0 Å². The maximum absolute atomic E-state index is 5.51. The Labute approximate surface area is 110 Å². The van der Waals surface area contributed by atoms with Crippen molar-refractivity contribution < 1.29 is 4.74 Å². The molecule has 0 saturated carbocycles. The van der Waals surface area contributed by atoms with Crippen molar-refractivity contribution in [2.24, 2.45) is 5.92 Å². The third-order valence-electron chi connectivity index (χ3n) is 2.98.